The molecule has 1 spiro atoms. The van der Waals surface area contributed by atoms with Gasteiger partial charge in [0.25, 0.3) is 5.91 Å². The van der Waals surface area contributed by atoms with Gasteiger partial charge < -0.3 is 14.5 Å². The van der Waals surface area contributed by atoms with Crippen LogP contribution >= 0.6 is 15.9 Å². The summed E-state index contributed by atoms with van der Waals surface area (Å²) in [5, 5.41) is 4.41. The number of pyridine rings is 2. The summed E-state index contributed by atoms with van der Waals surface area (Å²) in [6.07, 6.45) is 3.69. The topological polar surface area (TPSA) is 92.9 Å². The molecule has 2 aliphatic heterocycles. The van der Waals surface area contributed by atoms with Gasteiger partial charge in [0.05, 0.1) is 7.11 Å². The number of hydrogen-bond donors (Lipinski definition) is 0. The summed E-state index contributed by atoms with van der Waals surface area (Å²) < 4.78 is 7.32. The quantitative estimate of drug-likeness (QED) is 0.512. The molecule has 0 bridgehead atoms. The number of halogens is 1. The fraction of sp³-hybridized carbons (Fsp3) is 0.409. The van der Waals surface area contributed by atoms with Crippen LogP contribution < -0.4 is 4.90 Å². The number of ether oxygens (including phenoxy) is 1. The molecule has 2 saturated heterocycles. The van der Waals surface area contributed by atoms with Crippen LogP contribution in [-0.4, -0.2) is 69.6 Å². The van der Waals surface area contributed by atoms with Crippen LogP contribution in [0.4, 0.5) is 5.82 Å². The van der Waals surface area contributed by atoms with E-state index in [0.29, 0.717) is 24.4 Å². The number of esters is 1. The van der Waals surface area contributed by atoms with Crippen molar-refractivity contribution < 1.29 is 14.3 Å². The third-order valence-electron chi connectivity index (χ3n) is 6.39. The molecule has 3 aromatic heterocycles. The summed E-state index contributed by atoms with van der Waals surface area (Å²) in [5.74, 6) is 0.411. The highest BCUT2D eigenvalue weighted by Gasteiger charge is 2.45. The van der Waals surface area contributed by atoms with Gasteiger partial charge in [0.1, 0.15) is 5.82 Å². The second-order valence-electron chi connectivity index (χ2n) is 8.57. The smallest absolute Gasteiger partial charge is 0.356 e. The van der Waals surface area contributed by atoms with E-state index >= 15 is 0 Å². The van der Waals surface area contributed by atoms with Crippen molar-refractivity contribution in [1.29, 1.82) is 0 Å². The lowest BCUT2D eigenvalue weighted by atomic mass is 9.86. The minimum Gasteiger partial charge on any atom is -0.464 e. The molecule has 0 radical (unpaired) electrons. The highest BCUT2D eigenvalue weighted by atomic mass is 79.9. The van der Waals surface area contributed by atoms with Crippen LogP contribution in [0.5, 0.6) is 0 Å². The Hall–Kier alpha value is -3.01. The van der Waals surface area contributed by atoms with E-state index < -0.39 is 5.97 Å². The Labute approximate surface area is 193 Å². The first-order valence-corrected chi connectivity index (χ1v) is 11.3. The second-order valence-corrected chi connectivity index (χ2v) is 9.48. The van der Waals surface area contributed by atoms with Crippen molar-refractivity contribution >= 4 is 39.3 Å². The average Bonchev–Trinajstić information content (AvgIpc) is 3.52. The van der Waals surface area contributed by atoms with Gasteiger partial charge in [0.2, 0.25) is 5.82 Å². The lowest BCUT2D eigenvalue weighted by Gasteiger charge is -2.25. The van der Waals surface area contributed by atoms with E-state index in [0.717, 1.165) is 41.8 Å². The van der Waals surface area contributed by atoms with Crippen molar-refractivity contribution in [2.24, 2.45) is 5.41 Å². The molecule has 1 atom stereocenters. The average molecular weight is 499 g/mol. The van der Waals surface area contributed by atoms with E-state index in [1.807, 2.05) is 36.2 Å². The molecule has 5 heterocycles. The summed E-state index contributed by atoms with van der Waals surface area (Å²) in [4.78, 5) is 38.0. The highest BCUT2D eigenvalue weighted by molar-refractivity contribution is 9.10. The van der Waals surface area contributed by atoms with E-state index in [9.17, 15) is 9.59 Å². The number of aryl methyl sites for hydroxylation is 1. The summed E-state index contributed by atoms with van der Waals surface area (Å²) in [6.45, 7) is 4.92. The summed E-state index contributed by atoms with van der Waals surface area (Å²) in [5.41, 5.74) is 1.96. The van der Waals surface area contributed by atoms with Crippen LogP contribution in [0.1, 0.15) is 39.5 Å². The number of aromatic nitrogens is 4. The number of hydrogen-bond acceptors (Lipinski definition) is 7. The number of anilines is 1. The Morgan fingerprint density at radius 3 is 2.78 bits per heavy atom. The van der Waals surface area contributed by atoms with Crippen LogP contribution in [0.3, 0.4) is 0 Å². The van der Waals surface area contributed by atoms with Crippen molar-refractivity contribution in [3.05, 3.63) is 52.0 Å². The standard InChI is InChI=1S/C22H23BrN6O3/c1-14-10-15(23)11-29-19(14)25-18(26-29)20(30)28-9-7-22(13-28)6-8-27(12-22)17-5-3-4-16(24-17)21(31)32-2/h3-5,10-11H,6-9,12-13H2,1-2H3/t22-/m1/s1. The zero-order valence-corrected chi connectivity index (χ0v) is 19.5. The van der Waals surface area contributed by atoms with Crippen molar-refractivity contribution in [3.63, 3.8) is 0 Å². The van der Waals surface area contributed by atoms with Gasteiger partial charge in [-0.15, -0.1) is 5.10 Å². The number of carbonyl (C=O) groups is 2. The molecule has 0 N–H and O–H groups in total. The van der Waals surface area contributed by atoms with E-state index in [1.165, 1.54) is 7.11 Å². The van der Waals surface area contributed by atoms with Gasteiger partial charge in [0, 0.05) is 42.3 Å². The first-order chi connectivity index (χ1) is 15.4. The van der Waals surface area contributed by atoms with Crippen molar-refractivity contribution in [2.75, 3.05) is 38.2 Å². The van der Waals surface area contributed by atoms with E-state index in [1.54, 1.807) is 10.6 Å². The SMILES string of the molecule is COC(=O)c1cccc(N2CC[C@@]3(CCN(C(=O)c4nc5c(C)cc(Br)cn5n4)C3)C2)n1. The Kier molecular flexibility index (Phi) is 5.11. The normalized spacial score (nSPS) is 20.5. The maximum atomic E-state index is 13.2. The minimum atomic E-state index is -0.444. The molecule has 9 nitrogen and oxygen atoms in total. The Morgan fingerprint density at radius 1 is 1.16 bits per heavy atom. The molecule has 32 heavy (non-hydrogen) atoms. The Balaban J connectivity index is 1.31. The molecular weight excluding hydrogens is 476 g/mol. The first kappa shape index (κ1) is 20.9. The predicted molar refractivity (Wildman–Crippen MR) is 121 cm³/mol. The first-order valence-electron chi connectivity index (χ1n) is 10.5. The van der Waals surface area contributed by atoms with Gasteiger partial charge in [-0.05, 0) is 59.5 Å². The molecule has 0 aromatic carbocycles. The molecule has 0 saturated carbocycles. The number of rotatable bonds is 3. The van der Waals surface area contributed by atoms with Gasteiger partial charge >= 0.3 is 5.97 Å². The van der Waals surface area contributed by atoms with Gasteiger partial charge in [-0.2, -0.15) is 0 Å². The van der Waals surface area contributed by atoms with Crippen molar-refractivity contribution in [2.45, 2.75) is 19.8 Å². The van der Waals surface area contributed by atoms with Crippen molar-refractivity contribution in [1.82, 2.24) is 24.5 Å². The molecule has 3 aromatic rings. The third kappa shape index (κ3) is 3.62. The fourth-order valence-electron chi connectivity index (χ4n) is 4.73. The molecule has 0 aliphatic carbocycles. The molecule has 1 amide bonds. The largest absolute Gasteiger partial charge is 0.464 e. The number of likely N-dealkylation sites (tertiary alicyclic amines) is 1. The van der Waals surface area contributed by atoms with Gasteiger partial charge in [-0.1, -0.05) is 6.07 Å². The Morgan fingerprint density at radius 2 is 1.97 bits per heavy atom. The monoisotopic (exact) mass is 498 g/mol. The second kappa shape index (κ2) is 7.84. The lowest BCUT2D eigenvalue weighted by molar-refractivity contribution is 0.0593. The number of amides is 1. The van der Waals surface area contributed by atoms with Crippen molar-refractivity contribution in [3.8, 4) is 0 Å². The van der Waals surface area contributed by atoms with E-state index in [4.69, 9.17) is 4.74 Å². The molecule has 5 rings (SSSR count). The lowest BCUT2D eigenvalue weighted by Crippen LogP contribution is -2.34. The minimum absolute atomic E-state index is 0.0106. The number of carbonyl (C=O) groups excluding carboxylic acids is 2. The molecule has 2 fully saturated rings. The van der Waals surface area contributed by atoms with Gasteiger partial charge in [-0.25, -0.2) is 19.3 Å². The van der Waals surface area contributed by atoms with Crippen LogP contribution in [-0.2, 0) is 4.74 Å². The van der Waals surface area contributed by atoms with Crippen LogP contribution in [0.25, 0.3) is 5.65 Å². The number of methoxy groups -OCH3 is 1. The number of nitrogens with zero attached hydrogens (tertiary/aromatic N) is 6. The Bertz CT molecular complexity index is 1230. The summed E-state index contributed by atoms with van der Waals surface area (Å²) in [6, 6.07) is 7.34. The van der Waals surface area contributed by atoms with E-state index in [2.05, 4.69) is 35.9 Å². The van der Waals surface area contributed by atoms with Crippen LogP contribution in [0, 0.1) is 12.3 Å². The van der Waals surface area contributed by atoms with Crippen LogP contribution in [0.15, 0.2) is 34.9 Å². The summed E-state index contributed by atoms with van der Waals surface area (Å²) in [7, 11) is 1.35. The zero-order valence-electron chi connectivity index (χ0n) is 17.9. The maximum Gasteiger partial charge on any atom is 0.356 e. The molecular formula is C22H23BrN6O3. The maximum absolute atomic E-state index is 13.2. The van der Waals surface area contributed by atoms with E-state index in [-0.39, 0.29) is 17.1 Å². The molecule has 2 aliphatic rings. The third-order valence-corrected chi connectivity index (χ3v) is 6.83. The molecule has 166 valence electrons. The molecule has 10 heteroatoms. The van der Waals surface area contributed by atoms with Crippen LogP contribution in [0.2, 0.25) is 0 Å². The molecule has 0 unspecified atom stereocenters. The van der Waals surface area contributed by atoms with Gasteiger partial charge in [0.15, 0.2) is 11.3 Å². The predicted octanol–water partition coefficient (Wildman–Crippen LogP) is 2.72. The highest BCUT2D eigenvalue weighted by Crippen LogP contribution is 2.41. The summed E-state index contributed by atoms with van der Waals surface area (Å²) >= 11 is 3.46. The zero-order chi connectivity index (χ0) is 22.5. The number of fused-ring (bicyclic) bond motifs is 1. The van der Waals surface area contributed by atoms with Gasteiger partial charge in [-0.3, -0.25) is 4.79 Å². The fourth-order valence-corrected chi connectivity index (χ4v) is 5.27.